The van der Waals surface area contributed by atoms with Crippen LogP contribution >= 0.6 is 0 Å². The summed E-state index contributed by atoms with van der Waals surface area (Å²) in [6.07, 6.45) is 5.79. The molecule has 0 saturated heterocycles. The molecule has 0 spiro atoms. The van der Waals surface area contributed by atoms with Gasteiger partial charge in [0.05, 0.1) is 12.5 Å². The highest BCUT2D eigenvalue weighted by Crippen LogP contribution is 2.42. The van der Waals surface area contributed by atoms with Crippen LogP contribution in [0.4, 0.5) is 0 Å². The molecule has 3 nitrogen and oxygen atoms in total. The first-order valence-electron chi connectivity index (χ1n) is 7.22. The molecule has 1 rings (SSSR count). The highest BCUT2D eigenvalue weighted by atomic mass is 16.2. The zero-order chi connectivity index (χ0) is 13.6. The van der Waals surface area contributed by atoms with Gasteiger partial charge in [0.25, 0.3) is 0 Å². The van der Waals surface area contributed by atoms with Gasteiger partial charge in [0.15, 0.2) is 0 Å². The van der Waals surface area contributed by atoms with Crippen molar-refractivity contribution in [2.24, 2.45) is 11.3 Å². The molecule has 1 amide bonds. The number of rotatable bonds is 6. The molecule has 0 aliphatic heterocycles. The summed E-state index contributed by atoms with van der Waals surface area (Å²) in [5.74, 6) is 0.759. The maximum Gasteiger partial charge on any atom is 0.228 e. The van der Waals surface area contributed by atoms with Crippen molar-refractivity contribution in [1.29, 1.82) is 5.26 Å². The molecule has 0 aromatic heterocycles. The van der Waals surface area contributed by atoms with Gasteiger partial charge in [0.1, 0.15) is 0 Å². The van der Waals surface area contributed by atoms with Crippen LogP contribution in [0.2, 0.25) is 0 Å². The van der Waals surface area contributed by atoms with E-state index in [0.29, 0.717) is 24.8 Å². The van der Waals surface area contributed by atoms with Crippen LogP contribution in [0.25, 0.3) is 0 Å². The van der Waals surface area contributed by atoms with Crippen LogP contribution in [0, 0.1) is 22.7 Å². The van der Waals surface area contributed by atoms with Crippen molar-refractivity contribution in [3.05, 3.63) is 0 Å². The van der Waals surface area contributed by atoms with Crippen molar-refractivity contribution in [2.45, 2.75) is 59.3 Å². The molecule has 1 aliphatic rings. The summed E-state index contributed by atoms with van der Waals surface area (Å²) >= 11 is 0. The summed E-state index contributed by atoms with van der Waals surface area (Å²) in [4.78, 5) is 14.7. The third-order valence-corrected chi connectivity index (χ3v) is 4.06. The van der Waals surface area contributed by atoms with Crippen molar-refractivity contribution in [2.75, 3.05) is 13.1 Å². The minimum atomic E-state index is -0.121. The standard InChI is InChI=1S/C15H26N2O/c1-4-15(8-5-6-9-15)14(18)17(11-7-10-16)12-13(2)3/h13H,4-9,11-12H2,1-3H3. The Bertz CT molecular complexity index is 311. The van der Waals surface area contributed by atoms with Crippen molar-refractivity contribution in [3.8, 4) is 6.07 Å². The molecule has 0 unspecified atom stereocenters. The second-order valence-corrected chi connectivity index (χ2v) is 5.89. The number of nitrogens with zero attached hydrogens (tertiary/aromatic N) is 2. The molecule has 102 valence electrons. The van der Waals surface area contributed by atoms with E-state index in [4.69, 9.17) is 5.26 Å². The molecular formula is C15H26N2O. The Hall–Kier alpha value is -1.04. The van der Waals surface area contributed by atoms with Gasteiger partial charge < -0.3 is 4.90 Å². The average Bonchev–Trinajstić information content (AvgIpc) is 2.83. The Balaban J connectivity index is 2.76. The molecule has 0 heterocycles. The highest BCUT2D eigenvalue weighted by molar-refractivity contribution is 5.83. The quantitative estimate of drug-likeness (QED) is 0.725. The predicted octanol–water partition coefficient (Wildman–Crippen LogP) is 3.36. The van der Waals surface area contributed by atoms with Gasteiger partial charge in [-0.2, -0.15) is 5.26 Å². The van der Waals surface area contributed by atoms with Gasteiger partial charge in [-0.3, -0.25) is 4.79 Å². The van der Waals surface area contributed by atoms with E-state index in [0.717, 1.165) is 25.8 Å². The van der Waals surface area contributed by atoms with Gasteiger partial charge in [-0.05, 0) is 25.2 Å². The molecule has 18 heavy (non-hydrogen) atoms. The lowest BCUT2D eigenvalue weighted by atomic mass is 9.81. The fraction of sp³-hybridized carbons (Fsp3) is 0.867. The Morgan fingerprint density at radius 2 is 2.00 bits per heavy atom. The highest BCUT2D eigenvalue weighted by Gasteiger charge is 2.41. The summed E-state index contributed by atoms with van der Waals surface area (Å²) in [6.45, 7) is 7.75. The number of carbonyl (C=O) groups is 1. The third-order valence-electron chi connectivity index (χ3n) is 4.06. The van der Waals surface area contributed by atoms with E-state index in [1.165, 1.54) is 12.8 Å². The van der Waals surface area contributed by atoms with E-state index >= 15 is 0 Å². The van der Waals surface area contributed by atoms with Crippen LogP contribution in [0.3, 0.4) is 0 Å². The molecule has 0 bridgehead atoms. The van der Waals surface area contributed by atoms with Gasteiger partial charge in [-0.25, -0.2) is 0 Å². The lowest BCUT2D eigenvalue weighted by molar-refractivity contribution is -0.142. The van der Waals surface area contributed by atoms with Gasteiger partial charge in [-0.15, -0.1) is 0 Å². The minimum Gasteiger partial charge on any atom is -0.341 e. The van der Waals surface area contributed by atoms with Crippen LogP contribution in [0.1, 0.15) is 59.3 Å². The lowest BCUT2D eigenvalue weighted by Crippen LogP contribution is -2.44. The van der Waals surface area contributed by atoms with E-state index in [9.17, 15) is 4.79 Å². The van der Waals surface area contributed by atoms with Crippen LogP contribution in [-0.2, 0) is 4.79 Å². The summed E-state index contributed by atoms with van der Waals surface area (Å²) in [5, 5.41) is 8.73. The molecule has 0 atom stereocenters. The zero-order valence-corrected chi connectivity index (χ0v) is 12.0. The van der Waals surface area contributed by atoms with Crippen LogP contribution in [-0.4, -0.2) is 23.9 Å². The van der Waals surface area contributed by atoms with E-state index in [2.05, 4.69) is 26.8 Å². The predicted molar refractivity (Wildman–Crippen MR) is 72.8 cm³/mol. The number of nitriles is 1. The van der Waals surface area contributed by atoms with E-state index in [-0.39, 0.29) is 5.41 Å². The average molecular weight is 250 g/mol. The number of hydrogen-bond acceptors (Lipinski definition) is 2. The summed E-state index contributed by atoms with van der Waals surface area (Å²) in [6, 6.07) is 2.15. The van der Waals surface area contributed by atoms with E-state index in [1.807, 2.05) is 4.90 Å². The first kappa shape index (κ1) is 15.0. The number of hydrogen-bond donors (Lipinski definition) is 0. The molecular weight excluding hydrogens is 224 g/mol. The molecule has 0 aromatic rings. The van der Waals surface area contributed by atoms with Gasteiger partial charge >= 0.3 is 0 Å². The monoisotopic (exact) mass is 250 g/mol. The SMILES string of the molecule is CCC1(C(=O)N(CCC#N)CC(C)C)CCCC1. The fourth-order valence-electron chi connectivity index (χ4n) is 3.01. The summed E-state index contributed by atoms with van der Waals surface area (Å²) in [7, 11) is 0. The topological polar surface area (TPSA) is 44.1 Å². The molecule has 3 heteroatoms. The van der Waals surface area contributed by atoms with Crippen molar-refractivity contribution < 1.29 is 4.79 Å². The Morgan fingerprint density at radius 1 is 1.39 bits per heavy atom. The lowest BCUT2D eigenvalue weighted by Gasteiger charge is -2.34. The van der Waals surface area contributed by atoms with Crippen molar-refractivity contribution in [3.63, 3.8) is 0 Å². The summed E-state index contributed by atoms with van der Waals surface area (Å²) < 4.78 is 0. The van der Waals surface area contributed by atoms with Gasteiger partial charge in [0, 0.05) is 18.5 Å². The van der Waals surface area contributed by atoms with Gasteiger partial charge in [-0.1, -0.05) is 33.6 Å². The van der Waals surface area contributed by atoms with E-state index in [1.54, 1.807) is 0 Å². The third kappa shape index (κ3) is 3.48. The first-order valence-corrected chi connectivity index (χ1v) is 7.22. The molecule has 1 fully saturated rings. The Kier molecular flexibility index (Phi) is 5.65. The molecule has 1 aliphatic carbocycles. The number of amides is 1. The van der Waals surface area contributed by atoms with Crippen molar-refractivity contribution in [1.82, 2.24) is 4.90 Å². The van der Waals surface area contributed by atoms with Gasteiger partial charge in [0.2, 0.25) is 5.91 Å². The largest absolute Gasteiger partial charge is 0.341 e. The maximum absolute atomic E-state index is 12.8. The normalized spacial score (nSPS) is 17.7. The Morgan fingerprint density at radius 3 is 2.44 bits per heavy atom. The smallest absolute Gasteiger partial charge is 0.228 e. The second-order valence-electron chi connectivity index (χ2n) is 5.89. The second kappa shape index (κ2) is 6.78. The fourth-order valence-corrected chi connectivity index (χ4v) is 3.01. The minimum absolute atomic E-state index is 0.121. The summed E-state index contributed by atoms with van der Waals surface area (Å²) in [5.41, 5.74) is -0.121. The van der Waals surface area contributed by atoms with Crippen LogP contribution < -0.4 is 0 Å². The number of carbonyl (C=O) groups excluding carboxylic acids is 1. The molecule has 0 radical (unpaired) electrons. The van der Waals surface area contributed by atoms with E-state index < -0.39 is 0 Å². The van der Waals surface area contributed by atoms with Crippen molar-refractivity contribution >= 4 is 5.91 Å². The maximum atomic E-state index is 12.8. The molecule has 0 N–H and O–H groups in total. The molecule has 0 aromatic carbocycles. The zero-order valence-electron chi connectivity index (χ0n) is 12.0. The molecule has 1 saturated carbocycles. The Labute approximate surface area is 111 Å². The van der Waals surface area contributed by atoms with Crippen LogP contribution in [0.15, 0.2) is 0 Å². The van der Waals surface area contributed by atoms with Crippen LogP contribution in [0.5, 0.6) is 0 Å². The first-order chi connectivity index (χ1) is 8.55.